The summed E-state index contributed by atoms with van der Waals surface area (Å²) in [5.41, 5.74) is 2.38. The van der Waals surface area contributed by atoms with Crippen molar-refractivity contribution in [3.8, 4) is 5.75 Å². The fraction of sp³-hybridized carbons (Fsp3) is 0.296. The third-order valence-corrected chi connectivity index (χ3v) is 6.26. The van der Waals surface area contributed by atoms with Crippen LogP contribution in [-0.2, 0) is 19.3 Å². The average Bonchev–Trinajstić information content (AvgIpc) is 2.83. The zero-order valence-electron chi connectivity index (χ0n) is 19.3. The summed E-state index contributed by atoms with van der Waals surface area (Å²) in [5, 5.41) is 0.650. The predicted molar refractivity (Wildman–Crippen MR) is 130 cm³/mol. The third kappa shape index (κ3) is 6.55. The van der Waals surface area contributed by atoms with Gasteiger partial charge in [-0.1, -0.05) is 41.9 Å². The summed E-state index contributed by atoms with van der Waals surface area (Å²) in [7, 11) is 0. The first-order chi connectivity index (χ1) is 16.7. The lowest BCUT2D eigenvalue weighted by molar-refractivity contribution is -0.137. The standard InChI is InChI=1S/C27H26ClF3N2O2/c1-19-14-24(28)8-9-25(19)35-18-21-5-2-6-22(15-21)26(34)33-12-10-32(11-13-33)17-20-4-3-7-23(16-20)27(29,30)31/h2-9,14-16H,10-13,17-18H2,1H3. The molecule has 1 saturated heterocycles. The molecule has 3 aromatic carbocycles. The van der Waals surface area contributed by atoms with E-state index in [1.165, 1.54) is 12.1 Å². The van der Waals surface area contributed by atoms with E-state index in [4.69, 9.17) is 16.3 Å². The minimum atomic E-state index is -4.35. The molecular weight excluding hydrogens is 477 g/mol. The van der Waals surface area contributed by atoms with Gasteiger partial charge in [0.25, 0.3) is 5.91 Å². The van der Waals surface area contributed by atoms with Crippen molar-refractivity contribution in [2.24, 2.45) is 0 Å². The monoisotopic (exact) mass is 502 g/mol. The van der Waals surface area contributed by atoms with Gasteiger partial charge in [-0.05, 0) is 60.0 Å². The lowest BCUT2D eigenvalue weighted by atomic mass is 10.1. The summed E-state index contributed by atoms with van der Waals surface area (Å²) in [4.78, 5) is 16.9. The Bertz CT molecular complexity index is 1190. The van der Waals surface area contributed by atoms with E-state index in [1.54, 1.807) is 23.1 Å². The molecule has 0 aromatic heterocycles. The van der Waals surface area contributed by atoms with Gasteiger partial charge in [0, 0.05) is 43.3 Å². The minimum Gasteiger partial charge on any atom is -0.489 e. The summed E-state index contributed by atoms with van der Waals surface area (Å²) in [6.45, 7) is 4.90. The van der Waals surface area contributed by atoms with Gasteiger partial charge in [0.2, 0.25) is 0 Å². The lowest BCUT2D eigenvalue weighted by Gasteiger charge is -2.35. The van der Waals surface area contributed by atoms with Crippen molar-refractivity contribution in [3.63, 3.8) is 0 Å². The highest BCUT2D eigenvalue weighted by atomic mass is 35.5. The van der Waals surface area contributed by atoms with Crippen LogP contribution < -0.4 is 4.74 Å². The molecule has 4 nitrogen and oxygen atoms in total. The smallest absolute Gasteiger partial charge is 0.416 e. The Labute approximate surface area is 207 Å². The van der Waals surface area contributed by atoms with Gasteiger partial charge in [-0.3, -0.25) is 9.69 Å². The Hall–Kier alpha value is -3.03. The molecule has 0 atom stereocenters. The summed E-state index contributed by atoms with van der Waals surface area (Å²) >= 11 is 5.99. The molecule has 0 unspecified atom stereocenters. The van der Waals surface area contributed by atoms with Crippen LogP contribution in [0, 0.1) is 6.92 Å². The second-order valence-corrected chi connectivity index (χ2v) is 9.10. The Balaban J connectivity index is 1.32. The van der Waals surface area contributed by atoms with Crippen LogP contribution in [0.25, 0.3) is 0 Å². The van der Waals surface area contributed by atoms with Crippen LogP contribution >= 0.6 is 11.6 Å². The number of ether oxygens (including phenoxy) is 1. The SMILES string of the molecule is Cc1cc(Cl)ccc1OCc1cccc(C(=O)N2CCN(Cc3cccc(C(F)(F)F)c3)CC2)c1. The molecule has 8 heteroatoms. The van der Waals surface area contributed by atoms with E-state index in [2.05, 4.69) is 4.90 Å². The topological polar surface area (TPSA) is 32.8 Å². The number of halogens is 4. The molecule has 0 radical (unpaired) electrons. The number of benzene rings is 3. The average molecular weight is 503 g/mol. The van der Waals surface area contributed by atoms with Crippen molar-refractivity contribution in [1.82, 2.24) is 9.80 Å². The van der Waals surface area contributed by atoms with Gasteiger partial charge in [0.1, 0.15) is 12.4 Å². The van der Waals surface area contributed by atoms with Crippen molar-refractivity contribution < 1.29 is 22.7 Å². The Morgan fingerprint density at radius 3 is 2.37 bits per heavy atom. The number of alkyl halides is 3. The molecule has 4 rings (SSSR count). The van der Waals surface area contributed by atoms with E-state index < -0.39 is 11.7 Å². The minimum absolute atomic E-state index is 0.0618. The molecule has 0 bridgehead atoms. The Kier molecular flexibility index (Phi) is 7.67. The van der Waals surface area contributed by atoms with E-state index in [1.807, 2.05) is 37.3 Å². The largest absolute Gasteiger partial charge is 0.489 e. The molecule has 0 aliphatic carbocycles. The molecule has 0 spiro atoms. The molecule has 1 aliphatic rings. The third-order valence-electron chi connectivity index (χ3n) is 6.03. The van der Waals surface area contributed by atoms with E-state index in [-0.39, 0.29) is 5.91 Å². The molecule has 1 amide bonds. The Morgan fingerprint density at radius 2 is 1.66 bits per heavy atom. The lowest BCUT2D eigenvalue weighted by Crippen LogP contribution is -2.48. The summed E-state index contributed by atoms with van der Waals surface area (Å²) < 4.78 is 44.8. The molecule has 3 aromatic rings. The fourth-order valence-corrected chi connectivity index (χ4v) is 4.35. The molecule has 184 valence electrons. The summed E-state index contributed by atoms with van der Waals surface area (Å²) in [6.07, 6.45) is -4.35. The predicted octanol–water partition coefficient (Wildman–Crippen LogP) is 6.20. The molecule has 1 aliphatic heterocycles. The highest BCUT2D eigenvalue weighted by Crippen LogP contribution is 2.30. The first kappa shape index (κ1) is 25.1. The maximum Gasteiger partial charge on any atom is 0.416 e. The molecule has 0 N–H and O–H groups in total. The quantitative estimate of drug-likeness (QED) is 0.402. The molecular formula is C27H26ClF3N2O2. The highest BCUT2D eigenvalue weighted by Gasteiger charge is 2.30. The van der Waals surface area contributed by atoms with Crippen LogP contribution in [-0.4, -0.2) is 41.9 Å². The number of piperazine rings is 1. The van der Waals surface area contributed by atoms with Gasteiger partial charge >= 0.3 is 6.18 Å². The zero-order chi connectivity index (χ0) is 25.0. The van der Waals surface area contributed by atoms with Crippen LogP contribution in [0.5, 0.6) is 5.75 Å². The highest BCUT2D eigenvalue weighted by molar-refractivity contribution is 6.30. The number of hydrogen-bond acceptors (Lipinski definition) is 3. The maximum atomic E-state index is 13.1. The number of carbonyl (C=O) groups excluding carboxylic acids is 1. The number of hydrogen-bond donors (Lipinski definition) is 0. The van der Waals surface area contributed by atoms with E-state index in [0.29, 0.717) is 55.5 Å². The first-order valence-electron chi connectivity index (χ1n) is 11.3. The number of rotatable bonds is 6. The number of nitrogens with zero attached hydrogens (tertiary/aromatic N) is 2. The van der Waals surface area contributed by atoms with Crippen molar-refractivity contribution >= 4 is 17.5 Å². The fourth-order valence-electron chi connectivity index (χ4n) is 4.13. The Morgan fingerprint density at radius 1 is 0.943 bits per heavy atom. The van der Waals surface area contributed by atoms with Crippen LogP contribution in [0.4, 0.5) is 13.2 Å². The molecule has 0 saturated carbocycles. The second kappa shape index (κ2) is 10.7. The van der Waals surface area contributed by atoms with E-state index >= 15 is 0 Å². The van der Waals surface area contributed by atoms with Gasteiger partial charge in [0.15, 0.2) is 0 Å². The van der Waals surface area contributed by atoms with Gasteiger partial charge in [-0.2, -0.15) is 13.2 Å². The maximum absolute atomic E-state index is 13.1. The van der Waals surface area contributed by atoms with Gasteiger partial charge < -0.3 is 9.64 Å². The van der Waals surface area contributed by atoms with Crippen molar-refractivity contribution in [1.29, 1.82) is 0 Å². The van der Waals surface area contributed by atoms with Crippen LogP contribution in [0.3, 0.4) is 0 Å². The molecule has 1 heterocycles. The summed E-state index contributed by atoms with van der Waals surface area (Å²) in [5.74, 6) is 0.677. The first-order valence-corrected chi connectivity index (χ1v) is 11.7. The van der Waals surface area contributed by atoms with Crippen molar-refractivity contribution in [2.75, 3.05) is 26.2 Å². The number of carbonyl (C=O) groups is 1. The second-order valence-electron chi connectivity index (χ2n) is 8.67. The van der Waals surface area contributed by atoms with E-state index in [9.17, 15) is 18.0 Å². The molecule has 1 fully saturated rings. The number of amides is 1. The van der Waals surface area contributed by atoms with Crippen LogP contribution in [0.15, 0.2) is 66.7 Å². The van der Waals surface area contributed by atoms with Gasteiger partial charge in [-0.15, -0.1) is 0 Å². The number of aryl methyl sites for hydroxylation is 1. The van der Waals surface area contributed by atoms with E-state index in [0.717, 1.165) is 22.9 Å². The van der Waals surface area contributed by atoms with Gasteiger partial charge in [0.05, 0.1) is 5.56 Å². The molecule has 35 heavy (non-hydrogen) atoms. The van der Waals surface area contributed by atoms with Gasteiger partial charge in [-0.25, -0.2) is 0 Å². The van der Waals surface area contributed by atoms with Crippen LogP contribution in [0.1, 0.15) is 32.6 Å². The van der Waals surface area contributed by atoms with Crippen molar-refractivity contribution in [2.45, 2.75) is 26.3 Å². The summed E-state index contributed by atoms with van der Waals surface area (Å²) in [6, 6.07) is 18.2. The zero-order valence-corrected chi connectivity index (χ0v) is 20.1. The van der Waals surface area contributed by atoms with Crippen LogP contribution in [0.2, 0.25) is 5.02 Å². The normalized spacial score (nSPS) is 14.7. The van der Waals surface area contributed by atoms with Crippen molar-refractivity contribution in [3.05, 3.63) is 99.6 Å².